The molecule has 5 heavy (non-hydrogen) atoms. The zero-order chi connectivity index (χ0) is 0. The maximum absolute atomic E-state index is 0. The second-order valence-corrected chi connectivity index (χ2v) is 0. The average Bonchev–Trinajstić information content (AvgIpc) is 0. The minimum atomic E-state index is 0. The Hall–Kier alpha value is 0.723. The van der Waals surface area contributed by atoms with Gasteiger partial charge in [0.2, 0.25) is 0 Å². The molecule has 0 amide bonds. The summed E-state index contributed by atoms with van der Waals surface area (Å²) in [5.41, 5.74) is 0. The van der Waals surface area contributed by atoms with E-state index in [1.807, 2.05) is 0 Å². The molecular weight excluding hydrogens is 273 g/mol. The summed E-state index contributed by atoms with van der Waals surface area (Å²) < 4.78 is 0. The second-order valence-electron chi connectivity index (χ2n) is 0. The molecule has 0 saturated heterocycles. The fourth-order valence-electron chi connectivity index (χ4n) is 0. The van der Waals surface area contributed by atoms with Crippen LogP contribution in [-0.2, 0) is 0 Å². The Morgan fingerprint density at radius 3 is 0.400 bits per heavy atom. The van der Waals surface area contributed by atoms with Gasteiger partial charge in [-0.05, 0) is 0 Å². The van der Waals surface area contributed by atoms with Gasteiger partial charge < -0.3 is 21.9 Å². The summed E-state index contributed by atoms with van der Waals surface area (Å²) in [6.45, 7) is 0. The fraction of sp³-hybridized carbons (Fsp3) is 0. The molecule has 0 aliphatic carbocycles. The molecule has 0 aromatic rings. The molecule has 0 aliphatic heterocycles. The first-order valence-electron chi connectivity index (χ1n) is 0. The van der Waals surface area contributed by atoms with Crippen LogP contribution in [0.15, 0.2) is 0 Å². The third kappa shape index (κ3) is 67.0. The molecule has 0 bridgehead atoms. The van der Waals surface area contributed by atoms with Gasteiger partial charge in [-0.15, -0.1) is 0 Å². The molecule has 4 nitrogen and oxygen atoms in total. The monoisotopic (exact) mass is 281 g/mol. The SMILES string of the molecule is O.O.O.O.[Bi+3]. The van der Waals surface area contributed by atoms with E-state index in [9.17, 15) is 0 Å². The Balaban J connectivity index is 0. The normalized spacial score (nSPS) is 0. The van der Waals surface area contributed by atoms with Gasteiger partial charge >= 0.3 is 26.2 Å². The van der Waals surface area contributed by atoms with Gasteiger partial charge in [0.05, 0.1) is 0 Å². The van der Waals surface area contributed by atoms with Crippen LogP contribution >= 0.6 is 0 Å². The van der Waals surface area contributed by atoms with Crippen molar-refractivity contribution in [2.75, 3.05) is 0 Å². The van der Waals surface area contributed by atoms with E-state index < -0.39 is 0 Å². The van der Waals surface area contributed by atoms with Crippen molar-refractivity contribution < 1.29 is 21.9 Å². The topological polar surface area (TPSA) is 126 Å². The first-order valence-corrected chi connectivity index (χ1v) is 0. The minimum Gasteiger partial charge on any atom is -0.412 e. The average molecular weight is 281 g/mol. The maximum Gasteiger partial charge on any atom is 3.00 e. The quantitative estimate of drug-likeness (QED) is 0.405. The Morgan fingerprint density at radius 1 is 0.400 bits per heavy atom. The number of hydrogen-bond donors (Lipinski definition) is 0. The van der Waals surface area contributed by atoms with Crippen LogP contribution in [0, 0.1) is 0 Å². The van der Waals surface area contributed by atoms with Crippen LogP contribution in [0.1, 0.15) is 0 Å². The molecule has 0 fully saturated rings. The smallest absolute Gasteiger partial charge is 0.412 e. The van der Waals surface area contributed by atoms with Crippen molar-refractivity contribution in [2.24, 2.45) is 0 Å². The predicted molar refractivity (Wildman–Crippen MR) is 20.2 cm³/mol. The molecular formula is H8BiO4+3. The molecule has 0 atom stereocenters. The van der Waals surface area contributed by atoms with E-state index in [1.54, 1.807) is 0 Å². The van der Waals surface area contributed by atoms with E-state index >= 15 is 0 Å². The summed E-state index contributed by atoms with van der Waals surface area (Å²) in [7, 11) is 0. The summed E-state index contributed by atoms with van der Waals surface area (Å²) in [6, 6.07) is 0. The van der Waals surface area contributed by atoms with Gasteiger partial charge in [-0.1, -0.05) is 0 Å². The van der Waals surface area contributed by atoms with Crippen molar-refractivity contribution in [3.8, 4) is 0 Å². The second kappa shape index (κ2) is 125. The molecule has 0 spiro atoms. The van der Waals surface area contributed by atoms with Crippen molar-refractivity contribution in [3.63, 3.8) is 0 Å². The van der Waals surface area contributed by atoms with E-state index in [0.29, 0.717) is 0 Å². The van der Waals surface area contributed by atoms with E-state index in [1.165, 1.54) is 0 Å². The third-order valence-electron chi connectivity index (χ3n) is 0. The zero-order valence-corrected chi connectivity index (χ0v) is 5.92. The minimum absolute atomic E-state index is 0. The standard InChI is InChI=1S/Bi.4H2O/h;4*1H2/q+3;;;;. The van der Waals surface area contributed by atoms with Crippen molar-refractivity contribution >= 4 is 26.2 Å². The van der Waals surface area contributed by atoms with E-state index in [-0.39, 0.29) is 48.1 Å². The van der Waals surface area contributed by atoms with Gasteiger partial charge in [-0.25, -0.2) is 0 Å². The van der Waals surface area contributed by atoms with Crippen LogP contribution in [0.2, 0.25) is 0 Å². The van der Waals surface area contributed by atoms with Crippen molar-refractivity contribution in [3.05, 3.63) is 0 Å². The molecule has 0 rings (SSSR count). The fourth-order valence-corrected chi connectivity index (χ4v) is 0. The zero-order valence-electron chi connectivity index (χ0n) is 2.45. The molecule has 0 heterocycles. The van der Waals surface area contributed by atoms with Crippen LogP contribution < -0.4 is 0 Å². The first-order chi connectivity index (χ1) is 0. The van der Waals surface area contributed by atoms with Crippen molar-refractivity contribution in [2.45, 2.75) is 0 Å². The van der Waals surface area contributed by atoms with Gasteiger partial charge in [0.15, 0.2) is 0 Å². The van der Waals surface area contributed by atoms with Crippen LogP contribution in [0.25, 0.3) is 0 Å². The molecule has 0 aliphatic rings. The maximum atomic E-state index is 0. The predicted octanol–water partition coefficient (Wildman–Crippen LogP) is -3.68. The van der Waals surface area contributed by atoms with Crippen molar-refractivity contribution in [1.82, 2.24) is 0 Å². The molecule has 34 valence electrons. The molecule has 0 aromatic heterocycles. The molecule has 5 heteroatoms. The first kappa shape index (κ1) is 244. The summed E-state index contributed by atoms with van der Waals surface area (Å²) in [4.78, 5) is 0. The molecule has 0 aromatic carbocycles. The van der Waals surface area contributed by atoms with Gasteiger partial charge in [0.1, 0.15) is 0 Å². The van der Waals surface area contributed by atoms with Crippen LogP contribution in [0.5, 0.6) is 0 Å². The number of hydrogen-bond acceptors (Lipinski definition) is 0. The van der Waals surface area contributed by atoms with E-state index in [4.69, 9.17) is 0 Å². The van der Waals surface area contributed by atoms with Gasteiger partial charge in [-0.3, -0.25) is 0 Å². The summed E-state index contributed by atoms with van der Waals surface area (Å²) >= 11 is 0. The molecule has 0 unspecified atom stereocenters. The molecule has 0 saturated carbocycles. The Bertz CT molecular complexity index is 3.61. The number of rotatable bonds is 0. The van der Waals surface area contributed by atoms with Crippen LogP contribution in [-0.4, -0.2) is 48.1 Å². The third-order valence-corrected chi connectivity index (χ3v) is 0. The van der Waals surface area contributed by atoms with Crippen LogP contribution in [0.3, 0.4) is 0 Å². The van der Waals surface area contributed by atoms with Gasteiger partial charge in [0, 0.05) is 0 Å². The Morgan fingerprint density at radius 2 is 0.400 bits per heavy atom. The van der Waals surface area contributed by atoms with Crippen molar-refractivity contribution in [1.29, 1.82) is 0 Å². The van der Waals surface area contributed by atoms with Gasteiger partial charge in [0.25, 0.3) is 0 Å². The Kier molecular flexibility index (Phi) is 6110. The molecule has 2 radical (unpaired) electrons. The summed E-state index contributed by atoms with van der Waals surface area (Å²) in [5.74, 6) is 0. The Labute approximate surface area is 48.5 Å². The summed E-state index contributed by atoms with van der Waals surface area (Å²) in [5, 5.41) is 0. The largest absolute Gasteiger partial charge is 3.00 e. The molecule has 8 N–H and O–H groups in total. The summed E-state index contributed by atoms with van der Waals surface area (Å²) in [6.07, 6.45) is 0. The van der Waals surface area contributed by atoms with E-state index in [0.717, 1.165) is 0 Å². The van der Waals surface area contributed by atoms with E-state index in [2.05, 4.69) is 0 Å². The van der Waals surface area contributed by atoms with Crippen LogP contribution in [0.4, 0.5) is 0 Å². The van der Waals surface area contributed by atoms with Gasteiger partial charge in [-0.2, -0.15) is 0 Å².